The Labute approximate surface area is 135 Å². The van der Waals surface area contributed by atoms with Gasteiger partial charge in [0.1, 0.15) is 0 Å². The summed E-state index contributed by atoms with van der Waals surface area (Å²) < 4.78 is 0. The van der Waals surface area contributed by atoms with Crippen LogP contribution in [0.5, 0.6) is 0 Å². The van der Waals surface area contributed by atoms with Crippen molar-refractivity contribution in [2.75, 3.05) is 0 Å². The highest BCUT2D eigenvalue weighted by Crippen LogP contribution is 2.39. The van der Waals surface area contributed by atoms with E-state index in [9.17, 15) is 0 Å². The van der Waals surface area contributed by atoms with Crippen molar-refractivity contribution in [1.29, 1.82) is 0 Å². The summed E-state index contributed by atoms with van der Waals surface area (Å²) in [4.78, 5) is 5.89. The Balaban J connectivity index is 1.56. The normalized spacial score (nSPS) is 22.9. The lowest BCUT2D eigenvalue weighted by Crippen LogP contribution is -2.41. The van der Waals surface area contributed by atoms with E-state index in [0.29, 0.717) is 18.0 Å². The van der Waals surface area contributed by atoms with Crippen LogP contribution in [-0.4, -0.2) is 11.0 Å². The number of rotatable bonds is 4. The first-order chi connectivity index (χ1) is 10.0. The van der Waals surface area contributed by atoms with E-state index >= 15 is 0 Å². The second kappa shape index (κ2) is 6.07. The Morgan fingerprint density at radius 3 is 2.71 bits per heavy atom. The number of benzene rings is 1. The summed E-state index contributed by atoms with van der Waals surface area (Å²) in [5.41, 5.74) is 2.54. The molecular formula is C17H21ClN2S. The molecule has 112 valence electrons. The molecule has 3 rings (SSSR count). The van der Waals surface area contributed by atoms with Gasteiger partial charge in [-0.15, -0.1) is 11.3 Å². The van der Waals surface area contributed by atoms with Gasteiger partial charge in [-0.3, -0.25) is 0 Å². The quantitative estimate of drug-likeness (QED) is 0.856. The average molecular weight is 321 g/mol. The van der Waals surface area contributed by atoms with Gasteiger partial charge in [0.2, 0.25) is 0 Å². The molecule has 0 saturated heterocycles. The molecule has 2 aromatic rings. The lowest BCUT2D eigenvalue weighted by atomic mass is 9.75. The number of hydrogen-bond acceptors (Lipinski definition) is 3. The highest BCUT2D eigenvalue weighted by atomic mass is 35.5. The third-order valence-electron chi connectivity index (χ3n) is 4.28. The number of aromatic nitrogens is 1. The number of thiazole rings is 1. The minimum Gasteiger partial charge on any atom is -0.307 e. The largest absolute Gasteiger partial charge is 0.307 e. The summed E-state index contributed by atoms with van der Waals surface area (Å²) in [7, 11) is 0. The summed E-state index contributed by atoms with van der Waals surface area (Å²) in [6.45, 7) is 6.42. The van der Waals surface area contributed by atoms with E-state index in [0.717, 1.165) is 10.0 Å². The van der Waals surface area contributed by atoms with E-state index in [4.69, 9.17) is 11.6 Å². The molecule has 1 fully saturated rings. The minimum absolute atomic E-state index is 0.390. The minimum atomic E-state index is 0.390. The van der Waals surface area contributed by atoms with E-state index in [-0.39, 0.29) is 0 Å². The summed E-state index contributed by atoms with van der Waals surface area (Å²) in [6, 6.07) is 9.27. The molecule has 1 aliphatic carbocycles. The number of nitrogens with zero attached hydrogens (tertiary/aromatic N) is 1. The molecule has 21 heavy (non-hydrogen) atoms. The fourth-order valence-corrected chi connectivity index (χ4v) is 4.30. The molecule has 0 aliphatic heterocycles. The molecule has 0 amide bonds. The van der Waals surface area contributed by atoms with Crippen LogP contribution in [0.3, 0.4) is 0 Å². The van der Waals surface area contributed by atoms with E-state index in [1.54, 1.807) is 0 Å². The van der Waals surface area contributed by atoms with Crippen molar-refractivity contribution in [3.63, 3.8) is 0 Å². The zero-order chi connectivity index (χ0) is 15.0. The fraction of sp³-hybridized carbons (Fsp3) is 0.471. The van der Waals surface area contributed by atoms with Crippen molar-refractivity contribution >= 4 is 22.9 Å². The van der Waals surface area contributed by atoms with Crippen LogP contribution in [0.1, 0.15) is 52.9 Å². The van der Waals surface area contributed by atoms with Crippen LogP contribution in [0.2, 0.25) is 5.02 Å². The topological polar surface area (TPSA) is 24.9 Å². The monoisotopic (exact) mass is 320 g/mol. The molecule has 1 atom stereocenters. The summed E-state index contributed by atoms with van der Waals surface area (Å²) in [5, 5.41) is 5.73. The smallest absolute Gasteiger partial charge is 0.0900 e. The molecule has 1 aliphatic rings. The molecule has 1 aromatic heterocycles. The lowest BCUT2D eigenvalue weighted by Gasteiger charge is -2.38. The van der Waals surface area contributed by atoms with Gasteiger partial charge in [-0.2, -0.15) is 0 Å². The predicted octanol–water partition coefficient (Wildman–Crippen LogP) is 5.01. The molecule has 2 nitrogen and oxygen atoms in total. The second-order valence-electron chi connectivity index (χ2n) is 5.99. The Hall–Kier alpha value is -0.900. The molecule has 1 N–H and O–H groups in total. The van der Waals surface area contributed by atoms with Gasteiger partial charge in [0.15, 0.2) is 0 Å². The molecule has 0 bridgehead atoms. The Kier molecular flexibility index (Phi) is 4.34. The van der Waals surface area contributed by atoms with Crippen molar-refractivity contribution in [3.8, 4) is 0 Å². The SMILES string of the molecule is Cc1nc(C)c(C(C)NC2CC(c3cccc(Cl)c3)C2)s1. The zero-order valence-electron chi connectivity index (χ0n) is 12.7. The molecule has 0 spiro atoms. The molecule has 0 radical (unpaired) electrons. The van der Waals surface area contributed by atoms with Crippen LogP contribution in [0.25, 0.3) is 0 Å². The van der Waals surface area contributed by atoms with Crippen molar-refractivity contribution in [2.45, 2.75) is 51.6 Å². The fourth-order valence-electron chi connectivity index (χ4n) is 3.16. The molecule has 1 saturated carbocycles. The first-order valence-electron chi connectivity index (χ1n) is 7.48. The predicted molar refractivity (Wildman–Crippen MR) is 90.4 cm³/mol. The Bertz CT molecular complexity index is 631. The molecule has 1 aromatic carbocycles. The van der Waals surface area contributed by atoms with Gasteiger partial charge in [0.05, 0.1) is 10.7 Å². The van der Waals surface area contributed by atoms with Crippen molar-refractivity contribution in [3.05, 3.63) is 50.4 Å². The van der Waals surface area contributed by atoms with Gasteiger partial charge < -0.3 is 5.32 Å². The third-order valence-corrected chi connectivity index (χ3v) is 5.77. The van der Waals surface area contributed by atoms with Crippen LogP contribution in [-0.2, 0) is 0 Å². The van der Waals surface area contributed by atoms with Crippen LogP contribution >= 0.6 is 22.9 Å². The number of nitrogens with one attached hydrogen (secondary N) is 1. The van der Waals surface area contributed by atoms with Crippen LogP contribution < -0.4 is 5.32 Å². The summed E-state index contributed by atoms with van der Waals surface area (Å²) in [5.74, 6) is 0.651. The van der Waals surface area contributed by atoms with Gasteiger partial charge >= 0.3 is 0 Å². The maximum atomic E-state index is 6.07. The number of aryl methyl sites for hydroxylation is 2. The lowest BCUT2D eigenvalue weighted by molar-refractivity contribution is 0.271. The van der Waals surface area contributed by atoms with Gasteiger partial charge in [-0.1, -0.05) is 23.7 Å². The van der Waals surface area contributed by atoms with Gasteiger partial charge in [0.25, 0.3) is 0 Å². The standard InChI is InChI=1S/C17H21ClN2S/c1-10-17(21-12(3)19-10)11(2)20-16-8-14(9-16)13-5-4-6-15(18)7-13/h4-7,11,14,16,20H,8-9H2,1-3H3. The average Bonchev–Trinajstić information content (AvgIpc) is 2.72. The van der Waals surface area contributed by atoms with Crippen molar-refractivity contribution in [2.24, 2.45) is 0 Å². The first kappa shape index (κ1) is 15.0. The molecule has 4 heteroatoms. The van der Waals surface area contributed by atoms with Crippen LogP contribution in [0.15, 0.2) is 24.3 Å². The van der Waals surface area contributed by atoms with E-state index in [1.807, 2.05) is 23.5 Å². The van der Waals surface area contributed by atoms with Crippen LogP contribution in [0.4, 0.5) is 0 Å². The molecule has 1 heterocycles. The van der Waals surface area contributed by atoms with Crippen molar-refractivity contribution in [1.82, 2.24) is 10.3 Å². The first-order valence-corrected chi connectivity index (χ1v) is 8.68. The van der Waals surface area contributed by atoms with Gasteiger partial charge in [0, 0.05) is 22.0 Å². The van der Waals surface area contributed by atoms with E-state index < -0.39 is 0 Å². The highest BCUT2D eigenvalue weighted by Gasteiger charge is 2.31. The third kappa shape index (κ3) is 3.31. The zero-order valence-corrected chi connectivity index (χ0v) is 14.3. The van der Waals surface area contributed by atoms with Gasteiger partial charge in [-0.05, 0) is 57.2 Å². The maximum absolute atomic E-state index is 6.07. The number of halogens is 1. The Morgan fingerprint density at radius 1 is 1.33 bits per heavy atom. The molecule has 1 unspecified atom stereocenters. The number of hydrogen-bond donors (Lipinski definition) is 1. The summed E-state index contributed by atoms with van der Waals surface area (Å²) in [6.07, 6.45) is 2.39. The maximum Gasteiger partial charge on any atom is 0.0900 e. The Morgan fingerprint density at radius 2 is 2.10 bits per heavy atom. The van der Waals surface area contributed by atoms with Crippen molar-refractivity contribution < 1.29 is 0 Å². The molecular weight excluding hydrogens is 300 g/mol. The summed E-state index contributed by atoms with van der Waals surface area (Å²) >= 11 is 7.88. The van der Waals surface area contributed by atoms with Crippen LogP contribution in [0, 0.1) is 13.8 Å². The van der Waals surface area contributed by atoms with Gasteiger partial charge in [-0.25, -0.2) is 4.98 Å². The highest BCUT2D eigenvalue weighted by molar-refractivity contribution is 7.11. The second-order valence-corrected chi connectivity index (χ2v) is 7.66. The van der Waals surface area contributed by atoms with E-state index in [1.165, 1.54) is 29.0 Å². The van der Waals surface area contributed by atoms with E-state index in [2.05, 4.69) is 43.2 Å².